The van der Waals surface area contributed by atoms with Crippen molar-refractivity contribution in [3.05, 3.63) is 94.5 Å². The fourth-order valence-corrected chi connectivity index (χ4v) is 4.10. The second kappa shape index (κ2) is 8.97. The number of benzene rings is 3. The van der Waals surface area contributed by atoms with Crippen LogP contribution in [0.3, 0.4) is 0 Å². The Morgan fingerprint density at radius 2 is 1.72 bits per heavy atom. The summed E-state index contributed by atoms with van der Waals surface area (Å²) in [7, 11) is 3.21. The van der Waals surface area contributed by atoms with Gasteiger partial charge in [0.25, 0.3) is 0 Å². The van der Waals surface area contributed by atoms with Crippen LogP contribution in [0.5, 0.6) is 11.5 Å². The molecule has 0 radical (unpaired) electrons. The molecule has 3 aromatic carbocycles. The van der Waals surface area contributed by atoms with Gasteiger partial charge in [0, 0.05) is 22.7 Å². The molecule has 1 aliphatic heterocycles. The predicted octanol–water partition coefficient (Wildman–Crippen LogP) is 5.67. The number of carbonyl (C=O) groups excluding carboxylic acids is 1. The Bertz CT molecular complexity index is 1160. The van der Waals surface area contributed by atoms with E-state index < -0.39 is 11.5 Å². The highest BCUT2D eigenvalue weighted by molar-refractivity contribution is 6.30. The van der Waals surface area contributed by atoms with E-state index >= 15 is 0 Å². The van der Waals surface area contributed by atoms with Crippen LogP contribution in [-0.4, -0.2) is 26.8 Å². The maximum Gasteiger partial charge on any atom is 0.340 e. The van der Waals surface area contributed by atoms with Gasteiger partial charge in [-0.3, -0.25) is 0 Å². The van der Waals surface area contributed by atoms with E-state index in [2.05, 4.69) is 5.32 Å². The lowest BCUT2D eigenvalue weighted by atomic mass is 9.80. The number of hydrogen-bond acceptors (Lipinski definition) is 5. The molecule has 0 amide bonds. The van der Waals surface area contributed by atoms with Crippen molar-refractivity contribution in [1.29, 1.82) is 0 Å². The zero-order valence-electron chi connectivity index (χ0n) is 18.1. The molecule has 1 aliphatic rings. The molecule has 32 heavy (non-hydrogen) atoms. The van der Waals surface area contributed by atoms with Gasteiger partial charge in [-0.2, -0.15) is 0 Å². The van der Waals surface area contributed by atoms with Crippen molar-refractivity contribution in [1.82, 2.24) is 0 Å². The molecule has 5 nitrogen and oxygen atoms in total. The average molecular weight is 450 g/mol. The summed E-state index contributed by atoms with van der Waals surface area (Å²) in [4.78, 5) is 13.5. The molecule has 0 spiro atoms. The van der Waals surface area contributed by atoms with Crippen LogP contribution in [0.25, 0.3) is 5.57 Å². The Morgan fingerprint density at radius 1 is 1.00 bits per heavy atom. The number of halogens is 1. The van der Waals surface area contributed by atoms with Gasteiger partial charge in [-0.05, 0) is 41.8 Å². The molecule has 6 heteroatoms. The highest BCUT2D eigenvalue weighted by Crippen LogP contribution is 2.48. The van der Waals surface area contributed by atoms with E-state index in [0.29, 0.717) is 27.8 Å². The summed E-state index contributed by atoms with van der Waals surface area (Å²) in [5.74, 6) is 0.829. The third kappa shape index (κ3) is 3.80. The first-order valence-electron chi connectivity index (χ1n) is 10.3. The molecule has 0 aliphatic carbocycles. The van der Waals surface area contributed by atoms with Gasteiger partial charge in [-0.1, -0.05) is 54.1 Å². The Balaban J connectivity index is 2.05. The molecule has 1 N–H and O–H groups in total. The Morgan fingerprint density at radius 3 is 2.34 bits per heavy atom. The number of carbonyl (C=O) groups is 1. The van der Waals surface area contributed by atoms with Gasteiger partial charge in [0.15, 0.2) is 5.54 Å². The van der Waals surface area contributed by atoms with Crippen molar-refractivity contribution in [3.63, 3.8) is 0 Å². The van der Waals surface area contributed by atoms with E-state index in [0.717, 1.165) is 16.7 Å². The van der Waals surface area contributed by atoms with Gasteiger partial charge in [-0.15, -0.1) is 0 Å². The fraction of sp³-hybridized carbons (Fsp3) is 0.192. The van der Waals surface area contributed by atoms with Crippen LogP contribution >= 0.6 is 11.6 Å². The van der Waals surface area contributed by atoms with E-state index in [1.807, 2.05) is 60.7 Å². The number of ether oxygens (including phenoxy) is 3. The van der Waals surface area contributed by atoms with Crippen LogP contribution in [0.4, 0.5) is 5.69 Å². The quantitative estimate of drug-likeness (QED) is 0.491. The molecule has 0 saturated carbocycles. The molecule has 3 aromatic rings. The van der Waals surface area contributed by atoms with Crippen LogP contribution in [0.2, 0.25) is 5.02 Å². The lowest BCUT2D eigenvalue weighted by molar-refractivity contribution is -0.147. The van der Waals surface area contributed by atoms with Gasteiger partial charge in [0.1, 0.15) is 11.5 Å². The zero-order valence-corrected chi connectivity index (χ0v) is 18.9. The molecule has 0 fully saturated rings. The summed E-state index contributed by atoms with van der Waals surface area (Å²) in [6, 6.07) is 20.7. The lowest BCUT2D eigenvalue weighted by Gasteiger charge is -2.37. The second-order valence-electron chi connectivity index (χ2n) is 7.34. The first-order valence-corrected chi connectivity index (χ1v) is 10.7. The van der Waals surface area contributed by atoms with E-state index in [1.165, 1.54) is 0 Å². The number of nitrogens with one attached hydrogen (secondary N) is 1. The van der Waals surface area contributed by atoms with Gasteiger partial charge in [0.05, 0.1) is 26.5 Å². The average Bonchev–Trinajstić information content (AvgIpc) is 2.83. The first-order chi connectivity index (χ1) is 15.5. The molecule has 4 rings (SSSR count). The van der Waals surface area contributed by atoms with Crippen LogP contribution in [0.1, 0.15) is 23.6 Å². The minimum absolute atomic E-state index is 0.249. The van der Waals surface area contributed by atoms with Crippen molar-refractivity contribution in [3.8, 4) is 11.5 Å². The summed E-state index contributed by atoms with van der Waals surface area (Å²) in [6.45, 7) is 2.04. The fourth-order valence-electron chi connectivity index (χ4n) is 3.97. The normalized spacial score (nSPS) is 16.9. The summed E-state index contributed by atoms with van der Waals surface area (Å²) in [5.41, 5.74) is 2.78. The maximum atomic E-state index is 13.5. The number of methoxy groups -OCH3 is 2. The number of esters is 1. The molecule has 1 unspecified atom stereocenters. The van der Waals surface area contributed by atoms with E-state index in [-0.39, 0.29) is 6.61 Å². The van der Waals surface area contributed by atoms with Crippen molar-refractivity contribution in [2.75, 3.05) is 26.1 Å². The minimum atomic E-state index is -1.27. The van der Waals surface area contributed by atoms with Crippen LogP contribution < -0.4 is 14.8 Å². The number of anilines is 1. The van der Waals surface area contributed by atoms with Gasteiger partial charge in [-0.25, -0.2) is 4.79 Å². The SMILES string of the molecule is CCOC(=O)C1(c2ccc(Cl)cc2)C=C(c2ccccc2)c2c(cc(OC)cc2OC)N1. The van der Waals surface area contributed by atoms with Crippen molar-refractivity contribution in [2.45, 2.75) is 12.5 Å². The molecule has 1 heterocycles. The van der Waals surface area contributed by atoms with E-state index in [9.17, 15) is 4.79 Å². The summed E-state index contributed by atoms with van der Waals surface area (Å²) < 4.78 is 16.7. The van der Waals surface area contributed by atoms with Crippen LogP contribution in [-0.2, 0) is 15.1 Å². The summed E-state index contributed by atoms with van der Waals surface area (Å²) in [6.07, 6.45) is 1.90. The van der Waals surface area contributed by atoms with Crippen molar-refractivity contribution < 1.29 is 19.0 Å². The van der Waals surface area contributed by atoms with Crippen molar-refractivity contribution in [2.24, 2.45) is 0 Å². The molecule has 0 aromatic heterocycles. The number of rotatable bonds is 6. The standard InChI is InChI=1S/C26H24ClNO4/c1-4-32-25(29)26(18-10-12-19(27)13-11-18)16-21(17-8-6-5-7-9-17)24-22(28-26)14-20(30-2)15-23(24)31-3/h5-16,28H,4H2,1-3H3. The molecule has 164 valence electrons. The van der Waals surface area contributed by atoms with Gasteiger partial charge < -0.3 is 19.5 Å². The third-order valence-corrected chi connectivity index (χ3v) is 5.73. The van der Waals surface area contributed by atoms with Gasteiger partial charge >= 0.3 is 5.97 Å². The van der Waals surface area contributed by atoms with E-state index in [1.54, 1.807) is 33.3 Å². The lowest BCUT2D eigenvalue weighted by Crippen LogP contribution is -2.45. The Hall–Kier alpha value is -3.44. The Kier molecular flexibility index (Phi) is 6.10. The number of fused-ring (bicyclic) bond motifs is 1. The highest BCUT2D eigenvalue weighted by atomic mass is 35.5. The van der Waals surface area contributed by atoms with Gasteiger partial charge in [0.2, 0.25) is 0 Å². The van der Waals surface area contributed by atoms with Crippen LogP contribution in [0.15, 0.2) is 72.8 Å². The molecule has 0 saturated heterocycles. The highest BCUT2D eigenvalue weighted by Gasteiger charge is 2.44. The number of hydrogen-bond donors (Lipinski definition) is 1. The predicted molar refractivity (Wildman–Crippen MR) is 126 cm³/mol. The third-order valence-electron chi connectivity index (χ3n) is 5.48. The minimum Gasteiger partial charge on any atom is -0.497 e. The molecular formula is C26H24ClNO4. The zero-order chi connectivity index (χ0) is 22.7. The summed E-state index contributed by atoms with van der Waals surface area (Å²) >= 11 is 6.14. The molecular weight excluding hydrogens is 426 g/mol. The second-order valence-corrected chi connectivity index (χ2v) is 7.77. The smallest absolute Gasteiger partial charge is 0.340 e. The Labute approximate surface area is 192 Å². The maximum absolute atomic E-state index is 13.5. The monoisotopic (exact) mass is 449 g/mol. The molecule has 0 bridgehead atoms. The first kappa shape index (κ1) is 21.8. The van der Waals surface area contributed by atoms with Crippen molar-refractivity contribution >= 4 is 28.8 Å². The van der Waals surface area contributed by atoms with E-state index in [4.69, 9.17) is 25.8 Å². The molecule has 1 atom stereocenters. The largest absolute Gasteiger partial charge is 0.497 e. The van der Waals surface area contributed by atoms with Crippen LogP contribution in [0, 0.1) is 0 Å². The topological polar surface area (TPSA) is 56.8 Å². The summed E-state index contributed by atoms with van der Waals surface area (Å²) in [5, 5.41) is 4.01.